The zero-order valence-corrected chi connectivity index (χ0v) is 9.51. The first-order valence-corrected chi connectivity index (χ1v) is 6.17. The number of hydrogen-bond donors (Lipinski definition) is 0. The van der Waals surface area contributed by atoms with E-state index in [1.807, 2.05) is 0 Å². The maximum Gasteiger partial charge on any atom is 0.0123 e. The summed E-state index contributed by atoms with van der Waals surface area (Å²) in [6.45, 7) is 6.32. The van der Waals surface area contributed by atoms with Crippen LogP contribution in [-0.2, 0) is 0 Å². The van der Waals surface area contributed by atoms with Gasteiger partial charge in [-0.1, -0.05) is 35.9 Å². The van der Waals surface area contributed by atoms with E-state index < -0.39 is 0 Å². The molecule has 1 rings (SSSR count). The van der Waals surface area contributed by atoms with Crippen LogP contribution >= 0.6 is 22.6 Å². The summed E-state index contributed by atoms with van der Waals surface area (Å²) in [5.41, 5.74) is 0. The van der Waals surface area contributed by atoms with Crippen LogP contribution < -0.4 is 0 Å². The summed E-state index contributed by atoms with van der Waals surface area (Å²) in [6, 6.07) is 0. The molecule has 0 aromatic carbocycles. The average molecular weight is 267 g/mol. The normalized spacial score (nSPS) is 22.4. The lowest BCUT2D eigenvalue weighted by Crippen LogP contribution is -2.34. The van der Waals surface area contributed by atoms with Gasteiger partial charge < -0.3 is 4.90 Å². The zero-order chi connectivity index (χ0) is 8.10. The minimum absolute atomic E-state index is 1.03. The molecular formula is C9H18IN. The quantitative estimate of drug-likeness (QED) is 0.561. The van der Waals surface area contributed by atoms with Gasteiger partial charge in [0.25, 0.3) is 0 Å². The number of halogens is 1. The van der Waals surface area contributed by atoms with Crippen molar-refractivity contribution in [3.63, 3.8) is 0 Å². The lowest BCUT2D eigenvalue weighted by molar-refractivity contribution is 0.192. The summed E-state index contributed by atoms with van der Waals surface area (Å²) in [6.07, 6.45) is 4.26. The number of hydrogen-bond acceptors (Lipinski definition) is 1. The van der Waals surface area contributed by atoms with Crippen molar-refractivity contribution < 1.29 is 0 Å². The molecule has 0 aromatic heterocycles. The van der Waals surface area contributed by atoms with Crippen molar-refractivity contribution in [3.8, 4) is 0 Å². The molecule has 1 heterocycles. The molecule has 1 aliphatic heterocycles. The second-order valence-corrected chi connectivity index (χ2v) is 4.46. The van der Waals surface area contributed by atoms with E-state index in [1.165, 1.54) is 43.3 Å². The van der Waals surface area contributed by atoms with Crippen molar-refractivity contribution in [3.05, 3.63) is 0 Å². The molecule has 0 atom stereocenters. The fourth-order valence-electron chi connectivity index (χ4n) is 1.74. The van der Waals surface area contributed by atoms with E-state index in [2.05, 4.69) is 34.4 Å². The molecule has 0 N–H and O–H groups in total. The van der Waals surface area contributed by atoms with Gasteiger partial charge in [-0.15, -0.1) is 0 Å². The molecule has 1 saturated heterocycles. The molecule has 0 aliphatic carbocycles. The van der Waals surface area contributed by atoms with E-state index in [4.69, 9.17) is 0 Å². The highest BCUT2D eigenvalue weighted by molar-refractivity contribution is 14.1. The molecule has 0 aromatic rings. The van der Waals surface area contributed by atoms with Crippen LogP contribution in [0, 0.1) is 5.92 Å². The van der Waals surface area contributed by atoms with Gasteiger partial charge in [0, 0.05) is 11.0 Å². The van der Waals surface area contributed by atoms with Crippen LogP contribution in [-0.4, -0.2) is 29.0 Å². The second-order valence-electron chi connectivity index (χ2n) is 3.38. The SMILES string of the molecule is CCC1CCN(CCI)CC1. The molecule has 0 bridgehead atoms. The van der Waals surface area contributed by atoms with Crippen LogP contribution in [0.5, 0.6) is 0 Å². The van der Waals surface area contributed by atoms with Gasteiger partial charge in [-0.3, -0.25) is 0 Å². The van der Waals surface area contributed by atoms with Crippen LogP contribution in [0.4, 0.5) is 0 Å². The number of likely N-dealkylation sites (tertiary alicyclic amines) is 1. The molecule has 1 aliphatic rings. The summed E-state index contributed by atoms with van der Waals surface area (Å²) in [5.74, 6) is 1.03. The maximum absolute atomic E-state index is 2.60. The smallest absolute Gasteiger partial charge is 0.0123 e. The van der Waals surface area contributed by atoms with Gasteiger partial charge >= 0.3 is 0 Å². The molecule has 0 unspecified atom stereocenters. The summed E-state index contributed by atoms with van der Waals surface area (Å²) in [7, 11) is 0. The monoisotopic (exact) mass is 267 g/mol. The third-order valence-electron chi connectivity index (χ3n) is 2.69. The van der Waals surface area contributed by atoms with E-state index in [-0.39, 0.29) is 0 Å². The number of nitrogens with zero attached hydrogens (tertiary/aromatic N) is 1. The number of rotatable bonds is 3. The van der Waals surface area contributed by atoms with Gasteiger partial charge in [0.05, 0.1) is 0 Å². The van der Waals surface area contributed by atoms with Gasteiger partial charge in [0.1, 0.15) is 0 Å². The van der Waals surface area contributed by atoms with E-state index in [0.717, 1.165) is 5.92 Å². The lowest BCUT2D eigenvalue weighted by Gasteiger charge is -2.30. The Morgan fingerprint density at radius 1 is 1.36 bits per heavy atom. The van der Waals surface area contributed by atoms with Crippen molar-refractivity contribution in [2.45, 2.75) is 26.2 Å². The topological polar surface area (TPSA) is 3.24 Å². The molecule has 2 heteroatoms. The standard InChI is InChI=1S/C9H18IN/c1-2-9-3-6-11(7-4-9)8-5-10/h9H,2-8H2,1H3. The first-order valence-electron chi connectivity index (χ1n) is 4.65. The second kappa shape index (κ2) is 5.36. The zero-order valence-electron chi connectivity index (χ0n) is 7.35. The first-order chi connectivity index (χ1) is 5.36. The van der Waals surface area contributed by atoms with Gasteiger partial charge in [0.2, 0.25) is 0 Å². The Hall–Kier alpha value is 0.690. The summed E-state index contributed by atoms with van der Waals surface area (Å²) >= 11 is 2.46. The van der Waals surface area contributed by atoms with E-state index in [0.29, 0.717) is 0 Å². The Morgan fingerprint density at radius 3 is 2.45 bits per heavy atom. The molecular weight excluding hydrogens is 249 g/mol. The van der Waals surface area contributed by atoms with Crippen LogP contribution in [0.2, 0.25) is 0 Å². The molecule has 1 nitrogen and oxygen atoms in total. The highest BCUT2D eigenvalue weighted by atomic mass is 127. The van der Waals surface area contributed by atoms with Crippen molar-refractivity contribution in [2.24, 2.45) is 5.92 Å². The van der Waals surface area contributed by atoms with Crippen molar-refractivity contribution in [2.75, 3.05) is 24.1 Å². The average Bonchev–Trinajstić information content (AvgIpc) is 2.07. The minimum atomic E-state index is 1.03. The Kier molecular flexibility index (Phi) is 4.76. The molecule has 11 heavy (non-hydrogen) atoms. The van der Waals surface area contributed by atoms with E-state index in [1.54, 1.807) is 0 Å². The largest absolute Gasteiger partial charge is 0.303 e. The van der Waals surface area contributed by atoms with Gasteiger partial charge in [0.15, 0.2) is 0 Å². The van der Waals surface area contributed by atoms with Gasteiger partial charge in [-0.2, -0.15) is 0 Å². The summed E-state index contributed by atoms with van der Waals surface area (Å²) < 4.78 is 1.29. The van der Waals surface area contributed by atoms with E-state index >= 15 is 0 Å². The van der Waals surface area contributed by atoms with Crippen LogP contribution in [0.25, 0.3) is 0 Å². The maximum atomic E-state index is 2.60. The van der Waals surface area contributed by atoms with Crippen LogP contribution in [0.3, 0.4) is 0 Å². The molecule has 0 saturated carbocycles. The molecule has 0 radical (unpaired) electrons. The first kappa shape index (κ1) is 9.78. The predicted octanol–water partition coefficient (Wildman–Crippen LogP) is 2.54. The highest BCUT2D eigenvalue weighted by Gasteiger charge is 2.16. The Labute approximate surface area is 83.7 Å². The Bertz CT molecular complexity index is 97.7. The number of alkyl halides is 1. The molecule has 1 fully saturated rings. The van der Waals surface area contributed by atoms with Crippen molar-refractivity contribution in [1.82, 2.24) is 4.90 Å². The molecule has 0 spiro atoms. The van der Waals surface area contributed by atoms with Crippen molar-refractivity contribution >= 4 is 22.6 Å². The molecule has 66 valence electrons. The van der Waals surface area contributed by atoms with Gasteiger partial charge in [-0.05, 0) is 31.8 Å². The number of piperidine rings is 1. The minimum Gasteiger partial charge on any atom is -0.303 e. The predicted molar refractivity (Wildman–Crippen MR) is 58.3 cm³/mol. The third-order valence-corrected chi connectivity index (χ3v) is 3.17. The molecule has 0 amide bonds. The van der Waals surface area contributed by atoms with Crippen LogP contribution in [0.15, 0.2) is 0 Å². The lowest BCUT2D eigenvalue weighted by atomic mass is 9.95. The third kappa shape index (κ3) is 3.28. The Morgan fingerprint density at radius 2 is 2.00 bits per heavy atom. The highest BCUT2D eigenvalue weighted by Crippen LogP contribution is 2.19. The van der Waals surface area contributed by atoms with Crippen molar-refractivity contribution in [1.29, 1.82) is 0 Å². The van der Waals surface area contributed by atoms with Gasteiger partial charge in [-0.25, -0.2) is 0 Å². The Balaban J connectivity index is 2.14. The summed E-state index contributed by atoms with van der Waals surface area (Å²) in [5, 5.41) is 0. The fourth-order valence-corrected chi connectivity index (χ4v) is 2.42. The summed E-state index contributed by atoms with van der Waals surface area (Å²) in [4.78, 5) is 2.60. The van der Waals surface area contributed by atoms with Crippen LogP contribution in [0.1, 0.15) is 26.2 Å². The van der Waals surface area contributed by atoms with E-state index in [9.17, 15) is 0 Å². The fraction of sp³-hybridized carbons (Fsp3) is 1.00.